The highest BCUT2D eigenvalue weighted by molar-refractivity contribution is 5.68. The van der Waals surface area contributed by atoms with Crippen LogP contribution in [-0.4, -0.2) is 30.1 Å². The summed E-state index contributed by atoms with van der Waals surface area (Å²) in [6, 6.07) is 34.3. The molecule has 186 valence electrons. The molecule has 0 spiro atoms. The number of H-pyrrole nitrogens is 2. The molecule has 0 saturated carbocycles. The average molecular weight is 499 g/mol. The van der Waals surface area contributed by atoms with Crippen molar-refractivity contribution in [2.75, 3.05) is 0 Å². The Hall–Kier alpha value is -4.52. The molecule has 2 aromatic carbocycles. The first-order chi connectivity index (χ1) is 18.5. The lowest BCUT2D eigenvalue weighted by Gasteiger charge is -2.38. The van der Waals surface area contributed by atoms with Gasteiger partial charge in [-0.25, -0.2) is 0 Å². The van der Waals surface area contributed by atoms with Crippen molar-refractivity contribution in [2.45, 2.75) is 24.0 Å². The number of aryl methyl sites for hydroxylation is 2. The summed E-state index contributed by atoms with van der Waals surface area (Å²) in [5, 5.41) is 25.3. The normalized spacial score (nSPS) is 20.9. The van der Waals surface area contributed by atoms with Crippen molar-refractivity contribution in [1.82, 2.24) is 19.9 Å². The van der Waals surface area contributed by atoms with Gasteiger partial charge in [-0.1, -0.05) is 60.7 Å². The van der Waals surface area contributed by atoms with Gasteiger partial charge in [-0.15, -0.1) is 0 Å². The standard InChI is InChI=1S/C32H26N4O2/c37-31(21-7-3-1-4-8-21)29-19-27-15-13-25(34-27)17-23-11-12-24(33-23)18-26-14-16-28(35-26)20-30(36-29)32(31,38)22-9-5-2-6-10-22/h1-13,15,17-20,33-34,37-38H,14,16H2. The van der Waals surface area contributed by atoms with E-state index in [4.69, 9.17) is 9.97 Å². The molecule has 38 heavy (non-hydrogen) atoms. The SMILES string of the molecule is OC1(c2ccccc2)c2cc3nc(cc4ccc(cc5ccc(cc(n2)C1(O)c1ccccc1)[nH]5)[nH]4)CC3. The molecular formula is C32H26N4O2. The van der Waals surface area contributed by atoms with Gasteiger partial charge in [0, 0.05) is 33.5 Å². The van der Waals surface area contributed by atoms with Crippen LogP contribution in [0.2, 0.25) is 0 Å². The van der Waals surface area contributed by atoms with E-state index >= 15 is 0 Å². The second-order valence-electron chi connectivity index (χ2n) is 9.95. The molecule has 5 aromatic rings. The Morgan fingerprint density at radius 3 is 1.50 bits per heavy atom. The fraction of sp³-hybridized carbons (Fsp3) is 0.125. The Kier molecular flexibility index (Phi) is 5.08. The summed E-state index contributed by atoms with van der Waals surface area (Å²) < 4.78 is 0. The fourth-order valence-corrected chi connectivity index (χ4v) is 5.62. The molecule has 0 radical (unpaired) electrons. The minimum Gasteiger partial charge on any atom is -0.375 e. The maximum Gasteiger partial charge on any atom is 0.170 e. The molecule has 2 atom stereocenters. The molecule has 8 bridgehead atoms. The van der Waals surface area contributed by atoms with Crippen LogP contribution in [0.3, 0.4) is 0 Å². The van der Waals surface area contributed by atoms with Crippen molar-refractivity contribution < 1.29 is 10.2 Å². The number of benzene rings is 2. The van der Waals surface area contributed by atoms with Gasteiger partial charge in [0.2, 0.25) is 0 Å². The van der Waals surface area contributed by atoms with Crippen molar-refractivity contribution in [2.24, 2.45) is 0 Å². The van der Waals surface area contributed by atoms with E-state index in [1.807, 2.05) is 103 Å². The minimum atomic E-state index is -1.85. The molecule has 3 aromatic heterocycles. The molecule has 2 unspecified atom stereocenters. The van der Waals surface area contributed by atoms with Crippen LogP contribution in [0.4, 0.5) is 0 Å². The van der Waals surface area contributed by atoms with Gasteiger partial charge in [-0.2, -0.15) is 0 Å². The number of aliphatic hydroxyl groups is 2. The predicted octanol–water partition coefficient (Wildman–Crippen LogP) is 5.27. The Balaban J connectivity index is 1.61. The average Bonchev–Trinajstić information content (AvgIpc) is 3.72. The molecule has 6 heteroatoms. The smallest absolute Gasteiger partial charge is 0.170 e. The number of aromatic nitrogens is 4. The number of hydrogen-bond acceptors (Lipinski definition) is 4. The second-order valence-corrected chi connectivity index (χ2v) is 9.95. The van der Waals surface area contributed by atoms with Crippen LogP contribution < -0.4 is 0 Å². The predicted molar refractivity (Wildman–Crippen MR) is 147 cm³/mol. The first-order valence-electron chi connectivity index (χ1n) is 12.8. The number of hydrogen-bond donors (Lipinski definition) is 4. The van der Waals surface area contributed by atoms with Gasteiger partial charge in [0.25, 0.3) is 0 Å². The molecule has 7 rings (SSSR count). The third-order valence-electron chi connectivity index (χ3n) is 7.50. The summed E-state index contributed by atoms with van der Waals surface area (Å²) in [7, 11) is 0. The molecule has 2 aliphatic rings. The first-order valence-corrected chi connectivity index (χ1v) is 12.8. The molecule has 6 nitrogen and oxygen atoms in total. The maximum absolute atomic E-state index is 12.7. The monoisotopic (exact) mass is 498 g/mol. The second kappa shape index (κ2) is 8.52. The summed E-state index contributed by atoms with van der Waals surface area (Å²) in [6.45, 7) is 0. The molecule has 5 heterocycles. The van der Waals surface area contributed by atoms with E-state index in [0.717, 1.165) is 46.3 Å². The Morgan fingerprint density at radius 2 is 0.947 bits per heavy atom. The lowest BCUT2D eigenvalue weighted by atomic mass is 9.71. The number of aromatic amines is 2. The largest absolute Gasteiger partial charge is 0.375 e. The van der Waals surface area contributed by atoms with Gasteiger partial charge < -0.3 is 20.2 Å². The third-order valence-corrected chi connectivity index (χ3v) is 7.50. The van der Waals surface area contributed by atoms with E-state index in [1.54, 1.807) is 0 Å². The van der Waals surface area contributed by atoms with Gasteiger partial charge in [-0.3, -0.25) is 9.97 Å². The molecular weight excluding hydrogens is 472 g/mol. The first kappa shape index (κ1) is 22.7. The van der Waals surface area contributed by atoms with Gasteiger partial charge in [-0.05, 0) is 72.5 Å². The van der Waals surface area contributed by atoms with E-state index in [0.29, 0.717) is 22.5 Å². The van der Waals surface area contributed by atoms with Crippen LogP contribution in [0, 0.1) is 0 Å². The van der Waals surface area contributed by atoms with Crippen molar-refractivity contribution >= 4 is 22.1 Å². The van der Waals surface area contributed by atoms with Crippen LogP contribution in [0.25, 0.3) is 22.1 Å². The van der Waals surface area contributed by atoms with Crippen molar-refractivity contribution in [3.63, 3.8) is 0 Å². The molecule has 0 aliphatic carbocycles. The Labute approximate surface area is 219 Å². The highest BCUT2D eigenvalue weighted by atomic mass is 16.4. The summed E-state index contributed by atoms with van der Waals surface area (Å²) in [5.74, 6) is 0. The van der Waals surface area contributed by atoms with E-state index in [-0.39, 0.29) is 0 Å². The van der Waals surface area contributed by atoms with Crippen molar-refractivity contribution in [3.8, 4) is 0 Å². The van der Waals surface area contributed by atoms with Crippen LogP contribution >= 0.6 is 0 Å². The van der Waals surface area contributed by atoms with Crippen LogP contribution in [-0.2, 0) is 24.0 Å². The summed E-state index contributed by atoms with van der Waals surface area (Å²) in [5.41, 5.74) is 3.49. The minimum absolute atomic E-state index is 0.346. The lowest BCUT2D eigenvalue weighted by Crippen LogP contribution is -2.47. The number of nitrogens with zero attached hydrogens (tertiary/aromatic N) is 2. The van der Waals surface area contributed by atoms with Crippen LogP contribution in [0.15, 0.2) is 109 Å². The zero-order chi connectivity index (χ0) is 25.7. The number of fused-ring (bicyclic) bond motifs is 8. The van der Waals surface area contributed by atoms with Crippen LogP contribution in [0.1, 0.15) is 33.9 Å². The van der Waals surface area contributed by atoms with Crippen molar-refractivity contribution in [1.29, 1.82) is 0 Å². The topological polar surface area (TPSA) is 97.8 Å². The van der Waals surface area contributed by atoms with Crippen molar-refractivity contribution in [3.05, 3.63) is 143 Å². The molecule has 0 amide bonds. The van der Waals surface area contributed by atoms with Crippen LogP contribution in [0.5, 0.6) is 0 Å². The molecule has 0 fully saturated rings. The number of nitrogens with one attached hydrogen (secondary N) is 2. The zero-order valence-electron chi connectivity index (χ0n) is 20.6. The van der Waals surface area contributed by atoms with Gasteiger partial charge in [0.05, 0.1) is 11.4 Å². The quantitative estimate of drug-likeness (QED) is 0.266. The van der Waals surface area contributed by atoms with E-state index < -0.39 is 11.2 Å². The molecule has 2 aliphatic heterocycles. The summed E-state index contributed by atoms with van der Waals surface area (Å²) >= 11 is 0. The lowest BCUT2D eigenvalue weighted by molar-refractivity contribution is -0.105. The van der Waals surface area contributed by atoms with E-state index in [9.17, 15) is 10.2 Å². The Bertz CT molecular complexity index is 1810. The van der Waals surface area contributed by atoms with Gasteiger partial charge >= 0.3 is 0 Å². The number of rotatable bonds is 2. The fourth-order valence-electron chi connectivity index (χ4n) is 5.62. The third kappa shape index (κ3) is 3.49. The maximum atomic E-state index is 12.7. The highest BCUT2D eigenvalue weighted by Gasteiger charge is 2.59. The van der Waals surface area contributed by atoms with Gasteiger partial charge in [0.15, 0.2) is 11.2 Å². The van der Waals surface area contributed by atoms with E-state index in [1.165, 1.54) is 0 Å². The Morgan fingerprint density at radius 1 is 0.500 bits per heavy atom. The van der Waals surface area contributed by atoms with E-state index in [2.05, 4.69) is 16.0 Å². The molecule has 4 N–H and O–H groups in total. The summed E-state index contributed by atoms with van der Waals surface area (Å²) in [6.07, 6.45) is 1.50. The molecule has 0 saturated heterocycles. The highest BCUT2D eigenvalue weighted by Crippen LogP contribution is 2.51. The summed E-state index contributed by atoms with van der Waals surface area (Å²) in [4.78, 5) is 16.6. The zero-order valence-corrected chi connectivity index (χ0v) is 20.6. The van der Waals surface area contributed by atoms with Gasteiger partial charge in [0.1, 0.15) is 0 Å².